The predicted molar refractivity (Wildman–Crippen MR) is 69.1 cm³/mol. The molecule has 0 saturated carbocycles. The fourth-order valence-electron chi connectivity index (χ4n) is 1.88. The van der Waals surface area contributed by atoms with Crippen LogP contribution in [0, 0.1) is 0 Å². The van der Waals surface area contributed by atoms with Gasteiger partial charge in [-0.2, -0.15) is 8.78 Å². The molecule has 19 heavy (non-hydrogen) atoms. The first-order valence-corrected chi connectivity index (χ1v) is 5.72. The summed E-state index contributed by atoms with van der Waals surface area (Å²) < 4.78 is 28.9. The van der Waals surface area contributed by atoms with Gasteiger partial charge in [0.15, 0.2) is 0 Å². The topological polar surface area (TPSA) is 41.6 Å². The number of amides is 1. The van der Waals surface area contributed by atoms with E-state index in [2.05, 4.69) is 10.1 Å². The Morgan fingerprint density at radius 1 is 1.26 bits per heavy atom. The van der Waals surface area contributed by atoms with Crippen LogP contribution in [0.5, 0.6) is 5.75 Å². The monoisotopic (exact) mass is 292 g/mol. The lowest BCUT2D eigenvalue weighted by Gasteiger charge is -2.28. The number of rotatable bonds is 3. The van der Waals surface area contributed by atoms with Crippen LogP contribution >= 0.6 is 12.4 Å². The third kappa shape index (κ3) is 4.04. The Balaban J connectivity index is 0.00000180. The molecule has 1 N–H and O–H groups in total. The normalized spacial score (nSPS) is 15.0. The summed E-state index contributed by atoms with van der Waals surface area (Å²) in [5.74, 6) is -0.344. The number of alkyl halides is 2. The van der Waals surface area contributed by atoms with Gasteiger partial charge in [0.05, 0.1) is 5.56 Å². The van der Waals surface area contributed by atoms with Gasteiger partial charge >= 0.3 is 6.61 Å². The van der Waals surface area contributed by atoms with Crippen molar-refractivity contribution in [2.75, 3.05) is 26.2 Å². The molecule has 0 aromatic heterocycles. The zero-order chi connectivity index (χ0) is 13.0. The third-order valence-electron chi connectivity index (χ3n) is 2.74. The second kappa shape index (κ2) is 7.25. The van der Waals surface area contributed by atoms with Gasteiger partial charge in [-0.1, -0.05) is 12.1 Å². The average molecular weight is 293 g/mol. The summed E-state index contributed by atoms with van der Waals surface area (Å²) in [6.07, 6.45) is 0. The Morgan fingerprint density at radius 2 is 1.89 bits per heavy atom. The minimum atomic E-state index is -2.93. The number of nitrogens with zero attached hydrogens (tertiary/aromatic N) is 1. The Kier molecular flexibility index (Phi) is 5.98. The number of nitrogens with one attached hydrogen (secondary N) is 1. The van der Waals surface area contributed by atoms with Crippen molar-refractivity contribution in [3.63, 3.8) is 0 Å². The molecule has 106 valence electrons. The van der Waals surface area contributed by atoms with E-state index in [4.69, 9.17) is 0 Å². The number of para-hydroxylation sites is 1. The molecule has 1 amide bonds. The first-order chi connectivity index (χ1) is 8.68. The number of hydrogen-bond acceptors (Lipinski definition) is 3. The van der Waals surface area contributed by atoms with Crippen LogP contribution in [0.1, 0.15) is 10.4 Å². The van der Waals surface area contributed by atoms with E-state index in [0.29, 0.717) is 26.2 Å². The van der Waals surface area contributed by atoms with Gasteiger partial charge in [-0.05, 0) is 12.1 Å². The summed E-state index contributed by atoms with van der Waals surface area (Å²) in [6.45, 7) is -0.362. The van der Waals surface area contributed by atoms with Crippen molar-refractivity contribution in [1.82, 2.24) is 10.2 Å². The maximum atomic E-state index is 12.2. The molecule has 0 atom stereocenters. The molecular weight excluding hydrogens is 278 g/mol. The standard InChI is InChI=1S/C12H14F2N2O2.ClH/c13-12(14)18-10-4-2-1-3-9(10)11(17)16-7-5-15-6-8-16;/h1-4,12,15H,5-8H2;1H. The predicted octanol–water partition coefficient (Wildman–Crippen LogP) is 1.76. The van der Waals surface area contributed by atoms with Crippen LogP contribution in [0.4, 0.5) is 8.78 Å². The van der Waals surface area contributed by atoms with E-state index in [1.165, 1.54) is 12.1 Å². The van der Waals surface area contributed by atoms with Crippen LogP contribution in [-0.2, 0) is 0 Å². The van der Waals surface area contributed by atoms with Crippen molar-refractivity contribution in [2.24, 2.45) is 0 Å². The van der Waals surface area contributed by atoms with Crippen molar-refractivity contribution in [3.05, 3.63) is 29.8 Å². The Bertz CT molecular complexity index is 426. The number of hydrogen-bond donors (Lipinski definition) is 1. The number of piperazine rings is 1. The minimum Gasteiger partial charge on any atom is -0.434 e. The molecule has 1 aliphatic rings. The molecule has 0 spiro atoms. The van der Waals surface area contributed by atoms with E-state index in [1.807, 2.05) is 0 Å². The molecule has 1 fully saturated rings. The van der Waals surface area contributed by atoms with Gasteiger partial charge in [0.1, 0.15) is 5.75 Å². The molecule has 1 heterocycles. The molecule has 1 aromatic carbocycles. The lowest BCUT2D eigenvalue weighted by molar-refractivity contribution is -0.0502. The summed E-state index contributed by atoms with van der Waals surface area (Å²) in [7, 11) is 0. The Labute approximate surface area is 116 Å². The van der Waals surface area contributed by atoms with Crippen LogP contribution < -0.4 is 10.1 Å². The van der Waals surface area contributed by atoms with Crippen LogP contribution in [0.2, 0.25) is 0 Å². The SMILES string of the molecule is Cl.O=C(c1ccccc1OC(F)F)N1CCNCC1. The number of ether oxygens (including phenoxy) is 1. The number of halogens is 3. The highest BCUT2D eigenvalue weighted by Crippen LogP contribution is 2.22. The van der Waals surface area contributed by atoms with E-state index in [9.17, 15) is 13.6 Å². The lowest BCUT2D eigenvalue weighted by atomic mass is 10.1. The van der Waals surface area contributed by atoms with Gasteiger partial charge in [-0.25, -0.2) is 0 Å². The first kappa shape index (κ1) is 15.7. The lowest BCUT2D eigenvalue weighted by Crippen LogP contribution is -2.46. The van der Waals surface area contributed by atoms with Crippen molar-refractivity contribution < 1.29 is 18.3 Å². The van der Waals surface area contributed by atoms with Gasteiger partial charge in [0, 0.05) is 26.2 Å². The van der Waals surface area contributed by atoms with E-state index < -0.39 is 6.61 Å². The van der Waals surface area contributed by atoms with Gasteiger partial charge in [-0.15, -0.1) is 12.4 Å². The fraction of sp³-hybridized carbons (Fsp3) is 0.417. The summed E-state index contributed by atoms with van der Waals surface area (Å²) in [5.41, 5.74) is 0.180. The van der Waals surface area contributed by atoms with Crippen molar-refractivity contribution in [3.8, 4) is 5.75 Å². The van der Waals surface area contributed by atoms with Crippen LogP contribution in [0.15, 0.2) is 24.3 Å². The summed E-state index contributed by atoms with van der Waals surface area (Å²) in [5, 5.41) is 3.12. The molecule has 2 rings (SSSR count). The summed E-state index contributed by atoms with van der Waals surface area (Å²) in [6, 6.07) is 6.07. The smallest absolute Gasteiger partial charge is 0.387 e. The fourth-order valence-corrected chi connectivity index (χ4v) is 1.88. The van der Waals surface area contributed by atoms with E-state index in [0.717, 1.165) is 0 Å². The summed E-state index contributed by atoms with van der Waals surface area (Å²) >= 11 is 0. The Morgan fingerprint density at radius 3 is 2.53 bits per heavy atom. The van der Waals surface area contributed by atoms with Crippen LogP contribution in [0.3, 0.4) is 0 Å². The highest BCUT2D eigenvalue weighted by molar-refractivity contribution is 5.97. The number of benzene rings is 1. The van der Waals surface area contributed by atoms with Gasteiger partial charge < -0.3 is 15.0 Å². The van der Waals surface area contributed by atoms with Crippen molar-refractivity contribution in [1.29, 1.82) is 0 Å². The molecule has 7 heteroatoms. The van der Waals surface area contributed by atoms with Crippen LogP contribution in [-0.4, -0.2) is 43.6 Å². The number of carbonyl (C=O) groups excluding carboxylic acids is 1. The highest BCUT2D eigenvalue weighted by Gasteiger charge is 2.22. The zero-order valence-corrected chi connectivity index (χ0v) is 11.0. The maximum Gasteiger partial charge on any atom is 0.387 e. The van der Waals surface area contributed by atoms with Crippen molar-refractivity contribution >= 4 is 18.3 Å². The minimum absolute atomic E-state index is 0. The third-order valence-corrected chi connectivity index (χ3v) is 2.74. The second-order valence-electron chi connectivity index (χ2n) is 3.92. The zero-order valence-electron chi connectivity index (χ0n) is 10.1. The van der Waals surface area contributed by atoms with Gasteiger partial charge in [0.2, 0.25) is 0 Å². The molecule has 1 saturated heterocycles. The maximum absolute atomic E-state index is 12.2. The molecule has 4 nitrogen and oxygen atoms in total. The quantitative estimate of drug-likeness (QED) is 0.923. The van der Waals surface area contributed by atoms with Crippen molar-refractivity contribution in [2.45, 2.75) is 6.61 Å². The van der Waals surface area contributed by atoms with E-state index in [1.54, 1.807) is 17.0 Å². The van der Waals surface area contributed by atoms with Gasteiger partial charge in [-0.3, -0.25) is 4.79 Å². The van der Waals surface area contributed by atoms with Gasteiger partial charge in [0.25, 0.3) is 5.91 Å². The first-order valence-electron chi connectivity index (χ1n) is 5.72. The largest absolute Gasteiger partial charge is 0.434 e. The van der Waals surface area contributed by atoms with E-state index in [-0.39, 0.29) is 29.6 Å². The molecular formula is C12H15ClF2N2O2. The Hall–Kier alpha value is -1.40. The van der Waals surface area contributed by atoms with E-state index >= 15 is 0 Å². The molecule has 0 radical (unpaired) electrons. The number of carbonyl (C=O) groups is 1. The molecule has 0 bridgehead atoms. The highest BCUT2D eigenvalue weighted by atomic mass is 35.5. The molecule has 1 aliphatic heterocycles. The summed E-state index contributed by atoms with van der Waals surface area (Å²) in [4.78, 5) is 13.8. The second-order valence-corrected chi connectivity index (χ2v) is 3.92. The average Bonchev–Trinajstić information content (AvgIpc) is 2.39. The van der Waals surface area contributed by atoms with Crippen LogP contribution in [0.25, 0.3) is 0 Å². The molecule has 0 aliphatic carbocycles. The molecule has 1 aromatic rings. The molecule has 0 unspecified atom stereocenters.